The predicted octanol–water partition coefficient (Wildman–Crippen LogP) is 4.21. The molecule has 110 valence electrons. The highest BCUT2D eigenvalue weighted by molar-refractivity contribution is 5.28. The fraction of sp³-hybridized carbons (Fsp3) is 0.368. The molecule has 2 aromatic carbocycles. The Morgan fingerprint density at radius 1 is 1.14 bits per heavy atom. The zero-order chi connectivity index (χ0) is 14.7. The van der Waals surface area contributed by atoms with Crippen LogP contribution in [0.15, 0.2) is 48.5 Å². The van der Waals surface area contributed by atoms with Crippen LogP contribution in [0, 0.1) is 12.7 Å². The molecule has 1 unspecified atom stereocenters. The van der Waals surface area contributed by atoms with Gasteiger partial charge < -0.3 is 5.32 Å². The standard InChI is InChI=1S/C19H22FN/c1-14-5-7-16(8-6-14)17(13-21-19-9-10-19)11-15-3-2-4-18(20)12-15/h2-8,12,17,19,21H,9-11,13H2,1H3. The van der Waals surface area contributed by atoms with E-state index in [9.17, 15) is 4.39 Å². The van der Waals surface area contributed by atoms with Crippen LogP contribution in [0.3, 0.4) is 0 Å². The largest absolute Gasteiger partial charge is 0.313 e. The highest BCUT2D eigenvalue weighted by atomic mass is 19.1. The van der Waals surface area contributed by atoms with E-state index in [2.05, 4.69) is 36.5 Å². The highest BCUT2D eigenvalue weighted by Crippen LogP contribution is 2.24. The Morgan fingerprint density at radius 2 is 1.90 bits per heavy atom. The topological polar surface area (TPSA) is 12.0 Å². The molecule has 0 aromatic heterocycles. The maximum absolute atomic E-state index is 13.4. The molecule has 1 nitrogen and oxygen atoms in total. The Balaban J connectivity index is 1.75. The first-order chi connectivity index (χ1) is 10.2. The first-order valence-corrected chi connectivity index (χ1v) is 7.75. The lowest BCUT2D eigenvalue weighted by molar-refractivity contribution is 0.573. The Morgan fingerprint density at radius 3 is 2.57 bits per heavy atom. The summed E-state index contributed by atoms with van der Waals surface area (Å²) < 4.78 is 13.4. The van der Waals surface area contributed by atoms with Crippen molar-refractivity contribution in [3.63, 3.8) is 0 Å². The van der Waals surface area contributed by atoms with Gasteiger partial charge in [-0.2, -0.15) is 0 Å². The summed E-state index contributed by atoms with van der Waals surface area (Å²) in [6, 6.07) is 16.4. The molecule has 0 radical (unpaired) electrons. The van der Waals surface area contributed by atoms with Crippen LogP contribution in [0.25, 0.3) is 0 Å². The molecule has 0 heterocycles. The Bertz CT molecular complexity index is 587. The van der Waals surface area contributed by atoms with Crippen LogP contribution in [0.4, 0.5) is 4.39 Å². The number of aryl methyl sites for hydroxylation is 1. The second-order valence-corrected chi connectivity index (χ2v) is 6.12. The monoisotopic (exact) mass is 283 g/mol. The summed E-state index contributed by atoms with van der Waals surface area (Å²) in [7, 11) is 0. The fourth-order valence-electron chi connectivity index (χ4n) is 2.69. The summed E-state index contributed by atoms with van der Waals surface area (Å²) in [6.45, 7) is 3.07. The SMILES string of the molecule is Cc1ccc(C(CNC2CC2)Cc2cccc(F)c2)cc1. The molecule has 3 rings (SSSR count). The third-order valence-corrected chi connectivity index (χ3v) is 4.15. The number of rotatable bonds is 6. The van der Waals surface area contributed by atoms with Crippen LogP contribution in [-0.4, -0.2) is 12.6 Å². The number of halogens is 1. The number of hydrogen-bond acceptors (Lipinski definition) is 1. The molecule has 0 aliphatic heterocycles. The molecule has 1 aliphatic rings. The number of nitrogens with one attached hydrogen (secondary N) is 1. The van der Waals surface area contributed by atoms with E-state index in [4.69, 9.17) is 0 Å². The van der Waals surface area contributed by atoms with Crippen LogP contribution in [-0.2, 0) is 6.42 Å². The zero-order valence-corrected chi connectivity index (χ0v) is 12.5. The lowest BCUT2D eigenvalue weighted by Crippen LogP contribution is -2.24. The van der Waals surface area contributed by atoms with Crippen molar-refractivity contribution in [2.24, 2.45) is 0 Å². The van der Waals surface area contributed by atoms with Crippen LogP contribution < -0.4 is 5.32 Å². The van der Waals surface area contributed by atoms with Gasteiger partial charge in [0.2, 0.25) is 0 Å². The smallest absolute Gasteiger partial charge is 0.123 e. The van der Waals surface area contributed by atoms with E-state index >= 15 is 0 Å². The van der Waals surface area contributed by atoms with Crippen LogP contribution in [0.5, 0.6) is 0 Å². The van der Waals surface area contributed by atoms with Gasteiger partial charge in [-0.25, -0.2) is 4.39 Å². The Labute approximate surface area is 126 Å². The highest BCUT2D eigenvalue weighted by Gasteiger charge is 2.22. The molecule has 2 aromatic rings. The molecule has 21 heavy (non-hydrogen) atoms. The first-order valence-electron chi connectivity index (χ1n) is 7.75. The minimum absolute atomic E-state index is 0.148. The molecule has 0 bridgehead atoms. The van der Waals surface area contributed by atoms with Crippen molar-refractivity contribution in [3.8, 4) is 0 Å². The summed E-state index contributed by atoms with van der Waals surface area (Å²) in [5.41, 5.74) is 3.68. The van der Waals surface area contributed by atoms with Gasteiger partial charge in [-0.05, 0) is 49.4 Å². The van der Waals surface area contributed by atoms with Crippen molar-refractivity contribution < 1.29 is 4.39 Å². The second-order valence-electron chi connectivity index (χ2n) is 6.12. The normalized spacial score (nSPS) is 15.9. The summed E-state index contributed by atoms with van der Waals surface area (Å²) in [4.78, 5) is 0. The minimum Gasteiger partial charge on any atom is -0.313 e. The molecule has 1 N–H and O–H groups in total. The lowest BCUT2D eigenvalue weighted by Gasteiger charge is -2.19. The fourth-order valence-corrected chi connectivity index (χ4v) is 2.69. The van der Waals surface area contributed by atoms with Crippen molar-refractivity contribution in [1.82, 2.24) is 5.32 Å². The van der Waals surface area contributed by atoms with E-state index in [-0.39, 0.29) is 5.82 Å². The molecule has 1 saturated carbocycles. The van der Waals surface area contributed by atoms with Crippen molar-refractivity contribution in [1.29, 1.82) is 0 Å². The minimum atomic E-state index is -0.148. The number of benzene rings is 2. The number of hydrogen-bond donors (Lipinski definition) is 1. The van der Waals surface area contributed by atoms with Gasteiger partial charge in [0, 0.05) is 18.5 Å². The molecular formula is C19H22FN. The predicted molar refractivity (Wildman–Crippen MR) is 85.0 cm³/mol. The molecule has 0 amide bonds. The first kappa shape index (κ1) is 14.3. The third-order valence-electron chi connectivity index (χ3n) is 4.15. The van der Waals surface area contributed by atoms with E-state index in [0.29, 0.717) is 12.0 Å². The average molecular weight is 283 g/mol. The van der Waals surface area contributed by atoms with Crippen molar-refractivity contribution >= 4 is 0 Å². The summed E-state index contributed by atoms with van der Waals surface area (Å²) in [6.07, 6.45) is 3.46. The maximum atomic E-state index is 13.4. The molecule has 0 saturated heterocycles. The van der Waals surface area contributed by atoms with E-state index in [1.807, 2.05) is 6.07 Å². The van der Waals surface area contributed by atoms with Crippen molar-refractivity contribution in [2.45, 2.75) is 38.1 Å². The second kappa shape index (κ2) is 6.40. The van der Waals surface area contributed by atoms with E-state index < -0.39 is 0 Å². The van der Waals surface area contributed by atoms with Crippen molar-refractivity contribution in [2.75, 3.05) is 6.54 Å². The summed E-state index contributed by atoms with van der Waals surface area (Å²) in [5, 5.41) is 3.61. The van der Waals surface area contributed by atoms with Gasteiger partial charge in [0.05, 0.1) is 0 Å². The molecule has 1 aliphatic carbocycles. The molecular weight excluding hydrogens is 261 g/mol. The summed E-state index contributed by atoms with van der Waals surface area (Å²) >= 11 is 0. The quantitative estimate of drug-likeness (QED) is 0.837. The van der Waals surface area contributed by atoms with Crippen LogP contribution >= 0.6 is 0 Å². The van der Waals surface area contributed by atoms with Crippen LogP contribution in [0.2, 0.25) is 0 Å². The van der Waals surface area contributed by atoms with Gasteiger partial charge in [-0.3, -0.25) is 0 Å². The Hall–Kier alpha value is -1.67. The maximum Gasteiger partial charge on any atom is 0.123 e. The van der Waals surface area contributed by atoms with Crippen LogP contribution in [0.1, 0.15) is 35.4 Å². The van der Waals surface area contributed by atoms with E-state index in [1.165, 1.54) is 30.0 Å². The van der Waals surface area contributed by atoms with Gasteiger partial charge in [0.15, 0.2) is 0 Å². The molecule has 1 atom stereocenters. The Kier molecular flexibility index (Phi) is 4.35. The van der Waals surface area contributed by atoms with Gasteiger partial charge in [-0.1, -0.05) is 42.0 Å². The summed E-state index contributed by atoms with van der Waals surface area (Å²) in [5.74, 6) is 0.248. The molecule has 2 heteroatoms. The molecule has 0 spiro atoms. The van der Waals surface area contributed by atoms with E-state index in [0.717, 1.165) is 18.5 Å². The van der Waals surface area contributed by atoms with E-state index in [1.54, 1.807) is 12.1 Å². The average Bonchev–Trinajstić information content (AvgIpc) is 3.29. The third kappa shape index (κ3) is 4.15. The van der Waals surface area contributed by atoms with Gasteiger partial charge in [0.25, 0.3) is 0 Å². The van der Waals surface area contributed by atoms with Gasteiger partial charge >= 0.3 is 0 Å². The lowest BCUT2D eigenvalue weighted by atomic mass is 9.91. The van der Waals surface area contributed by atoms with Gasteiger partial charge in [0.1, 0.15) is 5.82 Å². The zero-order valence-electron chi connectivity index (χ0n) is 12.5. The van der Waals surface area contributed by atoms with Gasteiger partial charge in [-0.15, -0.1) is 0 Å². The van der Waals surface area contributed by atoms with Crippen molar-refractivity contribution in [3.05, 3.63) is 71.0 Å². The molecule has 1 fully saturated rings.